The van der Waals surface area contributed by atoms with E-state index in [9.17, 15) is 14.4 Å². The summed E-state index contributed by atoms with van der Waals surface area (Å²) in [5.41, 5.74) is 2.85. The van der Waals surface area contributed by atoms with Crippen molar-refractivity contribution in [2.75, 3.05) is 7.05 Å². The van der Waals surface area contributed by atoms with Gasteiger partial charge < -0.3 is 0 Å². The van der Waals surface area contributed by atoms with Gasteiger partial charge in [0.25, 0.3) is 5.91 Å². The van der Waals surface area contributed by atoms with Gasteiger partial charge in [-0.05, 0) is 12.1 Å². The Morgan fingerprint density at radius 1 is 1.12 bits per heavy atom. The van der Waals surface area contributed by atoms with E-state index < -0.39 is 16.3 Å². The molecule has 1 aliphatic rings. The third-order valence-corrected chi connectivity index (χ3v) is 2.81. The van der Waals surface area contributed by atoms with E-state index in [0.717, 1.165) is 5.01 Å². The maximum absolute atomic E-state index is 11.8. The molecule has 0 radical (unpaired) electrons. The molecule has 0 saturated heterocycles. The minimum Gasteiger partial charge on any atom is -0.281 e. The van der Waals surface area contributed by atoms with Crippen LogP contribution in [0.4, 0.5) is 4.79 Å². The van der Waals surface area contributed by atoms with E-state index >= 15 is 0 Å². The molecule has 2 amide bonds. The number of hydrogen-bond acceptors (Lipinski definition) is 4. The Morgan fingerprint density at radius 2 is 1.75 bits per heavy atom. The van der Waals surface area contributed by atoms with Crippen LogP contribution in [0.3, 0.4) is 0 Å². The lowest BCUT2D eigenvalue weighted by atomic mass is 10.1. The summed E-state index contributed by atoms with van der Waals surface area (Å²) < 4.78 is 0. The molecule has 6 heteroatoms. The van der Waals surface area contributed by atoms with Crippen LogP contribution in [-0.4, -0.2) is 28.3 Å². The van der Waals surface area contributed by atoms with Crippen molar-refractivity contribution in [2.24, 2.45) is 0 Å². The molecule has 0 fully saturated rings. The van der Waals surface area contributed by atoms with E-state index in [1.165, 1.54) is 13.1 Å². The van der Waals surface area contributed by atoms with E-state index in [4.69, 9.17) is 0 Å². The molecule has 1 aliphatic heterocycles. The first-order chi connectivity index (χ1) is 7.59. The van der Waals surface area contributed by atoms with Gasteiger partial charge >= 0.3 is 5.24 Å². The highest BCUT2D eigenvalue weighted by Crippen LogP contribution is 2.20. The van der Waals surface area contributed by atoms with Gasteiger partial charge in [-0.1, -0.05) is 12.1 Å². The van der Waals surface area contributed by atoms with Crippen LogP contribution in [0, 0.1) is 0 Å². The van der Waals surface area contributed by atoms with Crippen LogP contribution in [0.15, 0.2) is 24.3 Å². The van der Waals surface area contributed by atoms with Gasteiger partial charge in [-0.3, -0.25) is 24.8 Å². The van der Waals surface area contributed by atoms with E-state index in [0.29, 0.717) is 17.3 Å². The lowest BCUT2D eigenvalue weighted by Crippen LogP contribution is -2.43. The van der Waals surface area contributed by atoms with Gasteiger partial charge in [0.2, 0.25) is 5.12 Å². The molecule has 1 aromatic carbocycles. The Kier molecular flexibility index (Phi) is 2.66. The SMILES string of the molecule is CN1NC(=O)SC(=O)c2ccccc2C1=O. The predicted molar refractivity (Wildman–Crippen MR) is 59.0 cm³/mol. The van der Waals surface area contributed by atoms with Crippen molar-refractivity contribution in [3.8, 4) is 0 Å². The standard InChI is InChI=1S/C10H8N2O3S/c1-12-8(13)6-4-2-3-5-7(6)9(14)16-10(15)11-12/h2-5H,1H3,(H,11,15). The molecule has 0 aromatic heterocycles. The summed E-state index contributed by atoms with van der Waals surface area (Å²) in [6.07, 6.45) is 0. The number of thioether (sulfide) groups is 1. The van der Waals surface area contributed by atoms with E-state index in [2.05, 4.69) is 5.43 Å². The average Bonchev–Trinajstić information content (AvgIpc) is 2.26. The number of carbonyl (C=O) groups is 3. The first-order valence-electron chi connectivity index (χ1n) is 4.49. The van der Waals surface area contributed by atoms with E-state index in [1.54, 1.807) is 18.2 Å². The Balaban J connectivity index is 2.55. The van der Waals surface area contributed by atoms with Crippen LogP contribution in [0.5, 0.6) is 0 Å². The minimum absolute atomic E-state index is 0.263. The third kappa shape index (κ3) is 1.79. The zero-order valence-electron chi connectivity index (χ0n) is 8.39. The third-order valence-electron chi connectivity index (χ3n) is 2.13. The number of amides is 2. The lowest BCUT2D eigenvalue weighted by molar-refractivity contribution is 0.0739. The van der Waals surface area contributed by atoms with Crippen molar-refractivity contribution in [2.45, 2.75) is 0 Å². The van der Waals surface area contributed by atoms with E-state index in [1.807, 2.05) is 0 Å². The number of carbonyl (C=O) groups excluding carboxylic acids is 3. The monoisotopic (exact) mass is 236 g/mol. The van der Waals surface area contributed by atoms with Gasteiger partial charge in [0, 0.05) is 24.4 Å². The fourth-order valence-corrected chi connectivity index (χ4v) is 2.02. The summed E-state index contributed by atoms with van der Waals surface area (Å²) in [7, 11) is 1.44. The summed E-state index contributed by atoms with van der Waals surface area (Å²) in [5.74, 6) is -0.405. The van der Waals surface area contributed by atoms with Crippen molar-refractivity contribution < 1.29 is 14.4 Å². The van der Waals surface area contributed by atoms with Gasteiger partial charge in [0.05, 0.1) is 5.56 Å². The molecule has 16 heavy (non-hydrogen) atoms. The smallest absolute Gasteiger partial charge is 0.281 e. The lowest BCUT2D eigenvalue weighted by Gasteiger charge is -2.21. The molecule has 1 heterocycles. The Morgan fingerprint density at radius 3 is 2.44 bits per heavy atom. The minimum atomic E-state index is -0.560. The van der Waals surface area contributed by atoms with Crippen molar-refractivity contribution in [1.29, 1.82) is 0 Å². The van der Waals surface area contributed by atoms with Crippen molar-refractivity contribution in [1.82, 2.24) is 10.4 Å². The number of hydrazine groups is 1. The molecular weight excluding hydrogens is 228 g/mol. The van der Waals surface area contributed by atoms with Crippen LogP contribution in [0.1, 0.15) is 20.7 Å². The predicted octanol–water partition coefficient (Wildman–Crippen LogP) is 1.27. The Labute approximate surface area is 95.8 Å². The molecular formula is C10H8N2O3S. The molecule has 2 rings (SSSR count). The second kappa shape index (κ2) is 3.97. The van der Waals surface area contributed by atoms with Crippen molar-refractivity contribution in [3.05, 3.63) is 35.4 Å². The number of rotatable bonds is 0. The molecule has 0 aliphatic carbocycles. The normalized spacial score (nSPS) is 16.3. The first kappa shape index (κ1) is 10.7. The number of fused-ring (bicyclic) bond motifs is 1. The summed E-state index contributed by atoms with van der Waals surface area (Å²) in [6.45, 7) is 0. The largest absolute Gasteiger partial charge is 0.305 e. The topological polar surface area (TPSA) is 66.5 Å². The summed E-state index contributed by atoms with van der Waals surface area (Å²) in [6, 6.07) is 6.43. The number of hydrogen-bond donors (Lipinski definition) is 1. The van der Waals surface area contributed by atoms with Crippen molar-refractivity contribution >= 4 is 28.0 Å². The summed E-state index contributed by atoms with van der Waals surface area (Å²) >= 11 is 0.541. The van der Waals surface area contributed by atoms with Crippen LogP contribution in [0.2, 0.25) is 0 Å². The molecule has 0 saturated carbocycles. The molecule has 0 bridgehead atoms. The second-order valence-electron chi connectivity index (χ2n) is 3.20. The molecule has 0 unspecified atom stereocenters. The molecule has 1 aromatic rings. The fourth-order valence-electron chi connectivity index (χ4n) is 1.38. The molecule has 0 atom stereocenters. The molecule has 82 valence electrons. The van der Waals surface area contributed by atoms with Gasteiger partial charge in [0.1, 0.15) is 0 Å². The van der Waals surface area contributed by atoms with Gasteiger partial charge in [-0.25, -0.2) is 0 Å². The fraction of sp³-hybridized carbons (Fsp3) is 0.100. The zero-order valence-corrected chi connectivity index (χ0v) is 9.21. The highest BCUT2D eigenvalue weighted by molar-refractivity contribution is 8.26. The Hall–Kier alpha value is -1.82. The zero-order chi connectivity index (χ0) is 11.7. The molecule has 5 nitrogen and oxygen atoms in total. The van der Waals surface area contributed by atoms with E-state index in [-0.39, 0.29) is 5.56 Å². The first-order valence-corrected chi connectivity index (χ1v) is 5.31. The van der Waals surface area contributed by atoms with Crippen LogP contribution < -0.4 is 5.43 Å². The highest BCUT2D eigenvalue weighted by atomic mass is 32.2. The summed E-state index contributed by atoms with van der Waals surface area (Å²) in [4.78, 5) is 34.7. The molecule has 0 spiro atoms. The number of nitrogens with zero attached hydrogens (tertiary/aromatic N) is 1. The summed E-state index contributed by atoms with van der Waals surface area (Å²) in [5, 5.41) is 0.0885. The quantitative estimate of drug-likeness (QED) is 0.736. The highest BCUT2D eigenvalue weighted by Gasteiger charge is 2.26. The number of benzene rings is 1. The maximum Gasteiger partial charge on any atom is 0.305 e. The van der Waals surface area contributed by atoms with Crippen LogP contribution in [-0.2, 0) is 0 Å². The molecule has 1 N–H and O–H groups in total. The van der Waals surface area contributed by atoms with Gasteiger partial charge in [-0.2, -0.15) is 0 Å². The maximum atomic E-state index is 11.8. The second-order valence-corrected chi connectivity index (χ2v) is 4.14. The van der Waals surface area contributed by atoms with Gasteiger partial charge in [-0.15, -0.1) is 0 Å². The van der Waals surface area contributed by atoms with Crippen molar-refractivity contribution in [3.63, 3.8) is 0 Å². The number of nitrogens with one attached hydrogen (secondary N) is 1. The average molecular weight is 236 g/mol. The van der Waals surface area contributed by atoms with Gasteiger partial charge in [0.15, 0.2) is 0 Å². The van der Waals surface area contributed by atoms with Crippen LogP contribution in [0.25, 0.3) is 0 Å². The Bertz CT molecular complexity index is 487. The van der Waals surface area contributed by atoms with Crippen LogP contribution >= 0.6 is 11.8 Å².